The minimum atomic E-state index is -0.290. The summed E-state index contributed by atoms with van der Waals surface area (Å²) in [7, 11) is 0. The normalized spacial score (nSPS) is 17.0. The Labute approximate surface area is 150 Å². The molecule has 0 fully saturated rings. The van der Waals surface area contributed by atoms with Crippen molar-refractivity contribution in [1.29, 1.82) is 0 Å². The molecule has 4 heteroatoms. The van der Waals surface area contributed by atoms with Gasteiger partial charge in [-0.25, -0.2) is 4.79 Å². The molecule has 0 aliphatic carbocycles. The molecule has 2 aliphatic heterocycles. The summed E-state index contributed by atoms with van der Waals surface area (Å²) in [5.41, 5.74) is 4.06. The van der Waals surface area contributed by atoms with Gasteiger partial charge in [-0.2, -0.15) is 0 Å². The summed E-state index contributed by atoms with van der Waals surface area (Å²) in [6.07, 6.45) is 10.4. The van der Waals surface area contributed by atoms with Crippen LogP contribution in [0.5, 0.6) is 0 Å². The van der Waals surface area contributed by atoms with Gasteiger partial charge in [0.15, 0.2) is 0 Å². The van der Waals surface area contributed by atoms with Crippen LogP contribution in [0.3, 0.4) is 0 Å². The van der Waals surface area contributed by atoms with E-state index in [0.717, 1.165) is 21.3 Å². The number of nitrogens with zero attached hydrogens (tertiary/aromatic N) is 1. The number of carbonyl (C=O) groups excluding carboxylic acids is 1. The van der Waals surface area contributed by atoms with Gasteiger partial charge in [0.25, 0.3) is 0 Å². The number of aromatic amines is 1. The van der Waals surface area contributed by atoms with Crippen LogP contribution in [-0.2, 0) is 4.74 Å². The third kappa shape index (κ3) is 2.12. The van der Waals surface area contributed by atoms with Crippen molar-refractivity contribution < 1.29 is 9.53 Å². The van der Waals surface area contributed by atoms with Crippen LogP contribution < -0.4 is 10.4 Å². The summed E-state index contributed by atoms with van der Waals surface area (Å²) in [6, 6.07) is 12.8. The second-order valence-electron chi connectivity index (χ2n) is 6.55. The highest BCUT2D eigenvalue weighted by molar-refractivity contribution is 6.04. The zero-order valence-electron chi connectivity index (χ0n) is 14.4. The van der Waals surface area contributed by atoms with Gasteiger partial charge >= 0.3 is 5.97 Å². The van der Waals surface area contributed by atoms with Crippen molar-refractivity contribution in [2.45, 2.75) is 13.0 Å². The lowest BCUT2D eigenvalue weighted by atomic mass is 9.93. The molecule has 128 valence electrons. The Hall–Kier alpha value is -3.27. The molecule has 0 spiro atoms. The lowest BCUT2D eigenvalue weighted by Crippen LogP contribution is -2.37. The lowest BCUT2D eigenvalue weighted by molar-refractivity contribution is 0.0528. The molecule has 1 unspecified atom stereocenters. The van der Waals surface area contributed by atoms with Gasteiger partial charge < -0.3 is 14.6 Å². The Morgan fingerprint density at radius 3 is 3.00 bits per heavy atom. The number of fused-ring (bicyclic) bond motifs is 6. The van der Waals surface area contributed by atoms with Crippen LogP contribution in [0.1, 0.15) is 34.5 Å². The maximum absolute atomic E-state index is 12.4. The van der Waals surface area contributed by atoms with Crippen LogP contribution in [0.25, 0.3) is 29.3 Å². The minimum Gasteiger partial charge on any atom is -0.462 e. The molecular formula is C22H18N2O2. The van der Waals surface area contributed by atoms with Crippen LogP contribution in [0.2, 0.25) is 0 Å². The summed E-state index contributed by atoms with van der Waals surface area (Å²) in [5.74, 6) is -0.290. The van der Waals surface area contributed by atoms with Gasteiger partial charge in [-0.1, -0.05) is 30.3 Å². The van der Waals surface area contributed by atoms with Crippen molar-refractivity contribution in [3.8, 4) is 0 Å². The van der Waals surface area contributed by atoms with E-state index in [1.54, 1.807) is 6.20 Å². The fraction of sp³-hybridized carbons (Fsp3) is 0.136. The van der Waals surface area contributed by atoms with Gasteiger partial charge in [-0.3, -0.25) is 0 Å². The highest BCUT2D eigenvalue weighted by Gasteiger charge is 2.23. The Balaban J connectivity index is 1.76. The first-order chi connectivity index (χ1) is 12.8. The molecule has 1 N–H and O–H groups in total. The number of hydrogen-bond acceptors (Lipinski definition) is 3. The molecule has 3 aromatic rings. The standard InChI is InChI=1S/C22H18N2O2/c1-2-26-22(25)17-12-23-19-8-7-15-11-20-16-6-4-3-5-14(16)9-10-24(20)13-18(15)21(17)19/h3-13,20,23H,2H2,1H3. The number of esters is 1. The summed E-state index contributed by atoms with van der Waals surface area (Å²) in [5, 5.41) is 3.10. The number of nitrogens with one attached hydrogen (secondary N) is 1. The molecule has 0 radical (unpaired) electrons. The number of rotatable bonds is 2. The molecule has 4 nitrogen and oxygen atoms in total. The molecular weight excluding hydrogens is 324 g/mol. The Bertz CT molecular complexity index is 1190. The van der Waals surface area contributed by atoms with Crippen molar-refractivity contribution in [2.75, 3.05) is 6.61 Å². The number of hydrogen-bond donors (Lipinski definition) is 1. The van der Waals surface area contributed by atoms with E-state index in [9.17, 15) is 4.79 Å². The number of benzene rings is 2. The van der Waals surface area contributed by atoms with Crippen LogP contribution >= 0.6 is 0 Å². The van der Waals surface area contributed by atoms with E-state index in [-0.39, 0.29) is 12.0 Å². The fourth-order valence-electron chi connectivity index (χ4n) is 3.89. The summed E-state index contributed by atoms with van der Waals surface area (Å²) < 4.78 is 5.23. The fourth-order valence-corrected chi connectivity index (χ4v) is 3.89. The first-order valence-corrected chi connectivity index (χ1v) is 8.82. The molecule has 3 heterocycles. The average Bonchev–Trinajstić information content (AvgIpc) is 3.11. The van der Waals surface area contributed by atoms with E-state index < -0.39 is 0 Å². The zero-order chi connectivity index (χ0) is 17.7. The molecule has 0 saturated heterocycles. The highest BCUT2D eigenvalue weighted by atomic mass is 16.5. The van der Waals surface area contributed by atoms with Gasteiger partial charge in [0.2, 0.25) is 0 Å². The first kappa shape index (κ1) is 15.0. The molecule has 0 bridgehead atoms. The monoisotopic (exact) mass is 342 g/mol. The first-order valence-electron chi connectivity index (χ1n) is 8.82. The number of H-pyrrole nitrogens is 1. The summed E-state index contributed by atoms with van der Waals surface area (Å²) in [4.78, 5) is 17.8. The van der Waals surface area contributed by atoms with E-state index in [1.807, 2.05) is 13.0 Å². The quantitative estimate of drug-likeness (QED) is 0.729. The molecule has 2 aliphatic rings. The van der Waals surface area contributed by atoms with Crippen molar-refractivity contribution in [2.24, 2.45) is 0 Å². The lowest BCUT2D eigenvalue weighted by Gasteiger charge is -2.32. The smallest absolute Gasteiger partial charge is 0.340 e. The van der Waals surface area contributed by atoms with Crippen LogP contribution in [0.4, 0.5) is 0 Å². The summed E-state index contributed by atoms with van der Waals surface area (Å²) >= 11 is 0. The predicted molar refractivity (Wildman–Crippen MR) is 102 cm³/mol. The maximum Gasteiger partial charge on any atom is 0.340 e. The van der Waals surface area contributed by atoms with E-state index in [1.165, 1.54) is 11.1 Å². The third-order valence-corrected chi connectivity index (χ3v) is 5.09. The maximum atomic E-state index is 12.4. The highest BCUT2D eigenvalue weighted by Crippen LogP contribution is 2.32. The van der Waals surface area contributed by atoms with Crippen molar-refractivity contribution in [3.05, 3.63) is 75.9 Å². The van der Waals surface area contributed by atoms with Gasteiger partial charge in [-0.05, 0) is 41.5 Å². The Morgan fingerprint density at radius 2 is 2.12 bits per heavy atom. The van der Waals surface area contributed by atoms with Gasteiger partial charge in [0, 0.05) is 34.7 Å². The van der Waals surface area contributed by atoms with Crippen molar-refractivity contribution >= 4 is 35.2 Å². The molecule has 0 amide bonds. The summed E-state index contributed by atoms with van der Waals surface area (Å²) in [6.45, 7) is 2.19. The molecule has 26 heavy (non-hydrogen) atoms. The number of aromatic nitrogens is 1. The second-order valence-corrected chi connectivity index (χ2v) is 6.55. The van der Waals surface area contributed by atoms with E-state index in [2.05, 4.69) is 64.8 Å². The Kier molecular flexibility index (Phi) is 3.25. The van der Waals surface area contributed by atoms with Crippen molar-refractivity contribution in [3.63, 3.8) is 0 Å². The zero-order valence-corrected chi connectivity index (χ0v) is 14.4. The average molecular weight is 342 g/mol. The Morgan fingerprint density at radius 1 is 1.23 bits per heavy atom. The SMILES string of the molecule is CCOC(=O)c1c[nH]c2ccc3c(c12)=CN1C=Cc2ccccc2C1C=3. The molecule has 5 rings (SSSR count). The van der Waals surface area contributed by atoms with E-state index in [0.29, 0.717) is 12.2 Å². The minimum absolute atomic E-state index is 0.172. The molecule has 0 saturated carbocycles. The molecule has 1 atom stereocenters. The third-order valence-electron chi connectivity index (χ3n) is 5.09. The van der Waals surface area contributed by atoms with E-state index >= 15 is 0 Å². The van der Waals surface area contributed by atoms with Crippen LogP contribution in [-0.4, -0.2) is 22.5 Å². The number of carbonyl (C=O) groups is 1. The van der Waals surface area contributed by atoms with Crippen molar-refractivity contribution in [1.82, 2.24) is 9.88 Å². The molecule has 1 aromatic heterocycles. The van der Waals surface area contributed by atoms with Crippen LogP contribution in [0.15, 0.2) is 48.8 Å². The largest absolute Gasteiger partial charge is 0.462 e. The van der Waals surface area contributed by atoms with Gasteiger partial charge in [0.05, 0.1) is 18.2 Å². The van der Waals surface area contributed by atoms with Gasteiger partial charge in [0.1, 0.15) is 0 Å². The van der Waals surface area contributed by atoms with E-state index in [4.69, 9.17) is 4.74 Å². The topological polar surface area (TPSA) is 45.3 Å². The molecule has 2 aromatic carbocycles. The second kappa shape index (κ2) is 5.63. The van der Waals surface area contributed by atoms with Crippen LogP contribution in [0, 0.1) is 0 Å². The predicted octanol–water partition coefficient (Wildman–Crippen LogP) is 2.90. The number of ether oxygens (including phenoxy) is 1. The van der Waals surface area contributed by atoms with Gasteiger partial charge in [-0.15, -0.1) is 0 Å².